The summed E-state index contributed by atoms with van der Waals surface area (Å²) in [6.07, 6.45) is 1.65. The molecule has 4 rings (SSSR count). The summed E-state index contributed by atoms with van der Waals surface area (Å²) in [5, 5.41) is 13.1. The fourth-order valence-electron chi connectivity index (χ4n) is 4.65. The lowest BCUT2D eigenvalue weighted by Gasteiger charge is -2.38. The fourth-order valence-corrected chi connectivity index (χ4v) is 4.65. The van der Waals surface area contributed by atoms with E-state index in [9.17, 15) is 9.90 Å². The number of benzene rings is 2. The molecule has 0 saturated carbocycles. The van der Waals surface area contributed by atoms with Crippen molar-refractivity contribution in [2.45, 2.75) is 39.3 Å². The molecule has 34 heavy (non-hydrogen) atoms. The minimum atomic E-state index is -0.0200. The molecule has 0 spiro atoms. The fraction of sp³-hybridized carbons (Fsp3) is 0.462. The van der Waals surface area contributed by atoms with Crippen LogP contribution in [0.15, 0.2) is 54.6 Å². The molecule has 0 unspecified atom stereocenters. The standard InChI is InChI=1S/C26H34N4O2.2ClH/c1-19(2)17-30(22-14-21(18-31)15-27-16-22)26(32)25-28-23-10-6-7-11-24(23)29(25)13-12-20-8-4-3-5-9-20;;/h3-11,19,21-22,27,31H,12-18H2,1-2H3;2*1H/t21-,22+;;/m1../s1. The second-order valence-corrected chi connectivity index (χ2v) is 9.26. The highest BCUT2D eigenvalue weighted by Gasteiger charge is 2.32. The number of hydrogen-bond donors (Lipinski definition) is 2. The van der Waals surface area contributed by atoms with Crippen molar-refractivity contribution in [2.24, 2.45) is 11.8 Å². The van der Waals surface area contributed by atoms with Crippen LogP contribution < -0.4 is 5.32 Å². The normalized spacial score (nSPS) is 17.8. The van der Waals surface area contributed by atoms with Gasteiger partial charge in [-0.2, -0.15) is 0 Å². The van der Waals surface area contributed by atoms with Gasteiger partial charge >= 0.3 is 0 Å². The molecule has 1 aliphatic heterocycles. The minimum Gasteiger partial charge on any atom is -0.396 e. The molecule has 3 aromatic rings. The molecule has 0 radical (unpaired) electrons. The quantitative estimate of drug-likeness (QED) is 0.480. The Kier molecular flexibility index (Phi) is 10.8. The third-order valence-corrected chi connectivity index (χ3v) is 6.25. The average molecular weight is 508 g/mol. The Morgan fingerprint density at radius 1 is 1.12 bits per heavy atom. The van der Waals surface area contributed by atoms with Crippen LogP contribution in [0.2, 0.25) is 0 Å². The SMILES string of the molecule is CC(C)CN(C(=O)c1nc2ccccc2n1CCc1ccccc1)[C@@H]1CNC[C@H](CO)C1.Cl.Cl. The highest BCUT2D eigenvalue weighted by molar-refractivity contribution is 5.95. The molecule has 1 saturated heterocycles. The number of halogens is 2. The lowest BCUT2D eigenvalue weighted by atomic mass is 9.94. The van der Waals surface area contributed by atoms with Gasteiger partial charge in [0.1, 0.15) is 0 Å². The van der Waals surface area contributed by atoms with Gasteiger partial charge in [-0.25, -0.2) is 4.98 Å². The van der Waals surface area contributed by atoms with Gasteiger partial charge in [0.15, 0.2) is 5.82 Å². The maximum Gasteiger partial charge on any atom is 0.290 e. The number of aliphatic hydroxyl groups is 1. The summed E-state index contributed by atoms with van der Waals surface area (Å²) < 4.78 is 2.08. The predicted molar refractivity (Wildman–Crippen MR) is 142 cm³/mol. The third kappa shape index (κ3) is 6.51. The van der Waals surface area contributed by atoms with Gasteiger partial charge in [0.2, 0.25) is 0 Å². The zero-order valence-corrected chi connectivity index (χ0v) is 21.5. The van der Waals surface area contributed by atoms with E-state index in [0.29, 0.717) is 24.8 Å². The summed E-state index contributed by atoms with van der Waals surface area (Å²) in [4.78, 5) is 20.7. The Morgan fingerprint density at radius 3 is 2.53 bits per heavy atom. The molecule has 0 bridgehead atoms. The largest absolute Gasteiger partial charge is 0.396 e. The Balaban J connectivity index is 0.00000204. The lowest BCUT2D eigenvalue weighted by Crippen LogP contribution is -2.53. The van der Waals surface area contributed by atoms with Gasteiger partial charge in [-0.05, 0) is 42.4 Å². The molecule has 0 aliphatic carbocycles. The number of carbonyl (C=O) groups is 1. The molecule has 2 aromatic carbocycles. The molecule has 1 amide bonds. The topological polar surface area (TPSA) is 70.4 Å². The van der Waals surface area contributed by atoms with E-state index in [0.717, 1.165) is 37.0 Å². The Bertz CT molecular complexity index is 1040. The van der Waals surface area contributed by atoms with Crippen molar-refractivity contribution in [3.63, 3.8) is 0 Å². The number of amides is 1. The van der Waals surface area contributed by atoms with Gasteiger partial charge in [-0.1, -0.05) is 56.3 Å². The van der Waals surface area contributed by atoms with Crippen LogP contribution in [0.1, 0.15) is 36.5 Å². The van der Waals surface area contributed by atoms with E-state index in [-0.39, 0.29) is 49.3 Å². The highest BCUT2D eigenvalue weighted by Crippen LogP contribution is 2.23. The van der Waals surface area contributed by atoms with Crippen molar-refractivity contribution in [3.05, 3.63) is 66.0 Å². The number of rotatable bonds is 8. The summed E-state index contributed by atoms with van der Waals surface area (Å²) >= 11 is 0. The number of fused-ring (bicyclic) bond motifs is 1. The minimum absolute atomic E-state index is 0. The first-order valence-electron chi connectivity index (χ1n) is 11.7. The van der Waals surface area contributed by atoms with E-state index < -0.39 is 0 Å². The van der Waals surface area contributed by atoms with Crippen molar-refractivity contribution < 1.29 is 9.90 Å². The summed E-state index contributed by atoms with van der Waals surface area (Å²) in [6, 6.07) is 18.4. The van der Waals surface area contributed by atoms with Crippen LogP contribution in [0.4, 0.5) is 0 Å². The summed E-state index contributed by atoms with van der Waals surface area (Å²) in [5.41, 5.74) is 3.08. The predicted octanol–water partition coefficient (Wildman–Crippen LogP) is 4.19. The van der Waals surface area contributed by atoms with Crippen molar-refractivity contribution >= 4 is 41.8 Å². The summed E-state index contributed by atoms with van der Waals surface area (Å²) in [6.45, 7) is 7.33. The van der Waals surface area contributed by atoms with Crippen LogP contribution in [0, 0.1) is 11.8 Å². The van der Waals surface area contributed by atoms with Gasteiger partial charge in [0.05, 0.1) is 11.0 Å². The molecule has 1 aliphatic rings. The molecule has 2 atom stereocenters. The molecule has 186 valence electrons. The molecule has 1 fully saturated rings. The highest BCUT2D eigenvalue weighted by atomic mass is 35.5. The van der Waals surface area contributed by atoms with Crippen molar-refractivity contribution in [1.82, 2.24) is 19.8 Å². The number of piperidine rings is 1. The number of aliphatic hydroxyl groups excluding tert-OH is 1. The first-order valence-corrected chi connectivity index (χ1v) is 11.7. The zero-order chi connectivity index (χ0) is 22.5. The maximum atomic E-state index is 13.9. The van der Waals surface area contributed by atoms with Crippen molar-refractivity contribution in [3.8, 4) is 0 Å². The van der Waals surface area contributed by atoms with Crippen LogP contribution in [0.5, 0.6) is 0 Å². The van der Waals surface area contributed by atoms with Gasteiger partial charge < -0.3 is 19.9 Å². The van der Waals surface area contributed by atoms with Crippen molar-refractivity contribution in [1.29, 1.82) is 0 Å². The number of nitrogens with zero attached hydrogens (tertiary/aromatic N) is 3. The number of hydrogen-bond acceptors (Lipinski definition) is 4. The van der Waals surface area contributed by atoms with E-state index in [1.807, 2.05) is 47.4 Å². The molecule has 6 nitrogen and oxygen atoms in total. The van der Waals surface area contributed by atoms with Crippen LogP contribution >= 0.6 is 24.8 Å². The number of imidazole rings is 1. The molecule has 1 aromatic heterocycles. The summed E-state index contributed by atoms with van der Waals surface area (Å²) in [7, 11) is 0. The lowest BCUT2D eigenvalue weighted by molar-refractivity contribution is 0.0537. The smallest absolute Gasteiger partial charge is 0.290 e. The van der Waals surface area contributed by atoms with Gasteiger partial charge in [0, 0.05) is 38.8 Å². The molecule has 8 heteroatoms. The van der Waals surface area contributed by atoms with E-state index >= 15 is 0 Å². The number of aromatic nitrogens is 2. The van der Waals surface area contributed by atoms with E-state index in [1.54, 1.807) is 0 Å². The number of nitrogens with one attached hydrogen (secondary N) is 1. The molecular weight excluding hydrogens is 471 g/mol. The third-order valence-electron chi connectivity index (χ3n) is 6.25. The van der Waals surface area contributed by atoms with E-state index in [4.69, 9.17) is 4.98 Å². The molecule has 2 heterocycles. The second-order valence-electron chi connectivity index (χ2n) is 9.26. The Labute approximate surface area is 214 Å². The first kappa shape index (κ1) is 28.1. The van der Waals surface area contributed by atoms with Gasteiger partial charge in [0.25, 0.3) is 5.91 Å². The Morgan fingerprint density at radius 2 is 1.82 bits per heavy atom. The number of carbonyl (C=O) groups excluding carboxylic acids is 1. The Hall–Kier alpha value is -2.12. The average Bonchev–Trinajstić information content (AvgIpc) is 3.20. The molecule has 2 N–H and O–H groups in total. The zero-order valence-electron chi connectivity index (χ0n) is 19.9. The van der Waals surface area contributed by atoms with Crippen LogP contribution in [0.25, 0.3) is 11.0 Å². The summed E-state index contributed by atoms with van der Waals surface area (Å²) in [5.74, 6) is 1.01. The van der Waals surface area contributed by atoms with E-state index in [1.165, 1.54) is 5.56 Å². The number of aryl methyl sites for hydroxylation is 2. The van der Waals surface area contributed by atoms with Gasteiger partial charge in [-0.15, -0.1) is 24.8 Å². The number of para-hydroxylation sites is 2. The van der Waals surface area contributed by atoms with Crippen LogP contribution in [-0.2, 0) is 13.0 Å². The second kappa shape index (κ2) is 13.1. The van der Waals surface area contributed by atoms with Crippen molar-refractivity contribution in [2.75, 3.05) is 26.2 Å². The monoisotopic (exact) mass is 506 g/mol. The maximum absolute atomic E-state index is 13.9. The van der Waals surface area contributed by atoms with Crippen LogP contribution in [-0.4, -0.2) is 57.7 Å². The van der Waals surface area contributed by atoms with Gasteiger partial charge in [-0.3, -0.25) is 4.79 Å². The van der Waals surface area contributed by atoms with E-state index in [2.05, 4.69) is 35.9 Å². The molecular formula is C26H36Cl2N4O2. The first-order chi connectivity index (χ1) is 15.6. The van der Waals surface area contributed by atoms with Crippen LogP contribution in [0.3, 0.4) is 0 Å².